The second kappa shape index (κ2) is 14.4. The van der Waals surface area contributed by atoms with Gasteiger partial charge in [0.1, 0.15) is 35.4 Å². The number of hydrogen-bond acceptors (Lipinski definition) is 11. The summed E-state index contributed by atoms with van der Waals surface area (Å²) in [6.45, 7) is 6.62. The van der Waals surface area contributed by atoms with Crippen molar-refractivity contribution in [2.24, 2.45) is 5.92 Å². The number of benzene rings is 1. The van der Waals surface area contributed by atoms with Gasteiger partial charge in [-0.2, -0.15) is 10.1 Å². The molecule has 41 heavy (non-hydrogen) atoms. The van der Waals surface area contributed by atoms with Gasteiger partial charge in [0.25, 0.3) is 0 Å². The molecule has 228 valence electrons. The van der Waals surface area contributed by atoms with Crippen molar-refractivity contribution in [3.8, 4) is 5.75 Å². The smallest absolute Gasteiger partial charge is 0.459 e. The Morgan fingerprint density at radius 1 is 1.24 bits per heavy atom. The van der Waals surface area contributed by atoms with E-state index in [4.69, 9.17) is 24.3 Å². The molecule has 2 heterocycles. The zero-order chi connectivity index (χ0) is 30.2. The lowest BCUT2D eigenvalue weighted by molar-refractivity contribution is -0.146. The summed E-state index contributed by atoms with van der Waals surface area (Å²) in [6.07, 6.45) is 0.931. The number of nitrogens with zero attached hydrogens (tertiary/aromatic N) is 2. The van der Waals surface area contributed by atoms with Crippen LogP contribution in [0.3, 0.4) is 0 Å². The number of carbonyl (C=O) groups is 1. The molecule has 0 radical (unpaired) electrons. The molecular weight excluding hydrogens is 555 g/mol. The standard InChI is InChI=1S/C27H41N4O9P/c1-5-10-19(11-6-2)16-37-24(33)18(3)30-41(36,40-20-12-8-7-9-13-20)38-17-21-23(32)27(4,35)25(39-21)31-15-14-22(28)29-26(31)34/h7-9,12-15,18-19,21,23,25,32,35H,5-6,10-11,16-17H2,1-4H3,(H,30,36)(H2,28,29,34)/t18-,21+,23+,25?,27+,41?/m0/s1. The Morgan fingerprint density at radius 2 is 1.90 bits per heavy atom. The minimum absolute atomic E-state index is 0.0201. The fourth-order valence-corrected chi connectivity index (χ4v) is 6.11. The molecule has 6 atom stereocenters. The SMILES string of the molecule is CCCC(CCC)COC(=O)[C@H](C)NP(=O)(OC[C@H]1OC(n2ccc(N)nc2=O)[C@](C)(O)[C@@H]1O)Oc1ccccc1. The number of nitrogen functional groups attached to an aromatic ring is 1. The van der Waals surface area contributed by atoms with E-state index in [0.717, 1.165) is 30.3 Å². The van der Waals surface area contributed by atoms with Gasteiger partial charge in [-0.3, -0.25) is 13.9 Å². The fraction of sp³-hybridized carbons (Fsp3) is 0.593. The third-order valence-corrected chi connectivity index (χ3v) is 8.44. The maximum Gasteiger partial charge on any atom is 0.459 e. The summed E-state index contributed by atoms with van der Waals surface area (Å²) in [5.41, 5.74) is 2.81. The van der Waals surface area contributed by atoms with Gasteiger partial charge in [-0.05, 0) is 50.8 Å². The van der Waals surface area contributed by atoms with Gasteiger partial charge in [0.2, 0.25) is 0 Å². The molecule has 2 aromatic rings. The van der Waals surface area contributed by atoms with Crippen LogP contribution in [-0.4, -0.2) is 62.8 Å². The van der Waals surface area contributed by atoms with Gasteiger partial charge in [-0.25, -0.2) is 9.36 Å². The summed E-state index contributed by atoms with van der Waals surface area (Å²) in [6, 6.07) is 8.47. The summed E-state index contributed by atoms with van der Waals surface area (Å²) in [5.74, 6) is -0.214. The number of carbonyl (C=O) groups excluding carboxylic acids is 1. The first kappa shape index (κ1) is 32.7. The predicted octanol–water partition coefficient (Wildman–Crippen LogP) is 2.78. The van der Waals surface area contributed by atoms with Gasteiger partial charge in [0, 0.05) is 6.20 Å². The van der Waals surface area contributed by atoms with Crippen LogP contribution in [0, 0.1) is 5.92 Å². The fourth-order valence-electron chi connectivity index (χ4n) is 4.61. The van der Waals surface area contributed by atoms with Gasteiger partial charge in [0.05, 0.1) is 13.2 Å². The van der Waals surface area contributed by atoms with Crippen molar-refractivity contribution < 1.29 is 38.1 Å². The number of nitrogens with two attached hydrogens (primary N) is 1. The Labute approximate surface area is 239 Å². The molecule has 1 aromatic carbocycles. The maximum atomic E-state index is 13.9. The lowest BCUT2D eigenvalue weighted by Gasteiger charge is -2.27. The largest absolute Gasteiger partial charge is 0.464 e. The number of aliphatic hydroxyl groups excluding tert-OH is 1. The van der Waals surface area contributed by atoms with Crippen LogP contribution >= 0.6 is 7.75 Å². The second-order valence-electron chi connectivity index (χ2n) is 10.4. The van der Waals surface area contributed by atoms with Crippen molar-refractivity contribution in [1.29, 1.82) is 0 Å². The molecule has 1 aromatic heterocycles. The molecule has 1 saturated heterocycles. The van der Waals surface area contributed by atoms with Crippen LogP contribution in [0.25, 0.3) is 0 Å². The molecule has 0 bridgehead atoms. The monoisotopic (exact) mass is 596 g/mol. The molecule has 1 aliphatic rings. The number of anilines is 1. The van der Waals surface area contributed by atoms with Crippen LogP contribution in [0.5, 0.6) is 5.75 Å². The van der Waals surface area contributed by atoms with E-state index >= 15 is 0 Å². The average Bonchev–Trinajstić information content (AvgIpc) is 3.14. The Morgan fingerprint density at radius 3 is 2.51 bits per heavy atom. The number of aliphatic hydroxyl groups is 2. The van der Waals surface area contributed by atoms with E-state index in [9.17, 15) is 24.4 Å². The minimum atomic E-state index is -4.27. The molecule has 14 heteroatoms. The summed E-state index contributed by atoms with van der Waals surface area (Å²) in [5, 5.41) is 24.4. The van der Waals surface area contributed by atoms with E-state index in [0.29, 0.717) is 0 Å². The molecule has 0 spiro atoms. The van der Waals surface area contributed by atoms with E-state index in [2.05, 4.69) is 23.9 Å². The molecule has 0 amide bonds. The number of para-hydroxylation sites is 1. The normalized spacial score (nSPS) is 24.6. The van der Waals surface area contributed by atoms with Crippen molar-refractivity contribution >= 4 is 19.5 Å². The molecule has 1 fully saturated rings. The number of nitrogens with one attached hydrogen (secondary N) is 1. The first-order valence-electron chi connectivity index (χ1n) is 13.7. The Bertz CT molecular complexity index is 1240. The minimum Gasteiger partial charge on any atom is -0.464 e. The van der Waals surface area contributed by atoms with Crippen LogP contribution in [0.15, 0.2) is 47.4 Å². The van der Waals surface area contributed by atoms with Crippen molar-refractivity contribution in [3.05, 3.63) is 53.1 Å². The molecule has 13 nitrogen and oxygen atoms in total. The highest BCUT2D eigenvalue weighted by Crippen LogP contribution is 2.47. The van der Waals surface area contributed by atoms with E-state index < -0.39 is 56.1 Å². The maximum absolute atomic E-state index is 13.9. The topological polar surface area (TPSA) is 184 Å². The van der Waals surface area contributed by atoms with Crippen LogP contribution in [-0.2, 0) is 23.4 Å². The van der Waals surface area contributed by atoms with Gasteiger partial charge in [-0.15, -0.1) is 0 Å². The van der Waals surface area contributed by atoms with Crippen molar-refractivity contribution in [2.45, 2.75) is 83.5 Å². The summed E-state index contributed by atoms with van der Waals surface area (Å²) >= 11 is 0. The molecule has 0 aliphatic carbocycles. The zero-order valence-electron chi connectivity index (χ0n) is 23.8. The van der Waals surface area contributed by atoms with Crippen molar-refractivity contribution in [1.82, 2.24) is 14.6 Å². The summed E-state index contributed by atoms with van der Waals surface area (Å²) in [7, 11) is -4.27. The average molecular weight is 597 g/mol. The predicted molar refractivity (Wildman–Crippen MR) is 151 cm³/mol. The van der Waals surface area contributed by atoms with E-state index in [1.807, 2.05) is 0 Å². The first-order chi connectivity index (χ1) is 19.4. The highest BCUT2D eigenvalue weighted by atomic mass is 31.2. The molecule has 1 aliphatic heterocycles. The third kappa shape index (κ3) is 8.60. The number of rotatable bonds is 15. The zero-order valence-corrected chi connectivity index (χ0v) is 24.7. The number of ether oxygens (including phenoxy) is 2. The highest BCUT2D eigenvalue weighted by Gasteiger charge is 2.54. The van der Waals surface area contributed by atoms with E-state index in [-0.39, 0.29) is 24.1 Å². The second-order valence-corrected chi connectivity index (χ2v) is 12.1. The number of esters is 1. The Kier molecular flexibility index (Phi) is 11.5. The van der Waals surface area contributed by atoms with Gasteiger partial charge < -0.3 is 29.9 Å². The van der Waals surface area contributed by atoms with Crippen LogP contribution < -0.4 is 21.0 Å². The molecular formula is C27H41N4O9P. The van der Waals surface area contributed by atoms with Crippen LogP contribution in [0.4, 0.5) is 5.82 Å². The van der Waals surface area contributed by atoms with Gasteiger partial charge >= 0.3 is 19.4 Å². The van der Waals surface area contributed by atoms with Crippen LogP contribution in [0.2, 0.25) is 0 Å². The van der Waals surface area contributed by atoms with Crippen molar-refractivity contribution in [2.75, 3.05) is 18.9 Å². The molecule has 5 N–H and O–H groups in total. The molecule has 2 unspecified atom stereocenters. The van der Waals surface area contributed by atoms with E-state index in [1.54, 1.807) is 30.3 Å². The number of aromatic nitrogens is 2. The van der Waals surface area contributed by atoms with Gasteiger partial charge in [0.15, 0.2) is 6.23 Å². The van der Waals surface area contributed by atoms with E-state index in [1.165, 1.54) is 26.1 Å². The quantitative estimate of drug-likeness (QED) is 0.174. The Balaban J connectivity index is 1.73. The summed E-state index contributed by atoms with van der Waals surface area (Å²) < 4.78 is 37.4. The lowest BCUT2D eigenvalue weighted by atomic mass is 9.96. The molecule has 3 rings (SSSR count). The Hall–Kier alpha value is -2.80. The molecule has 0 saturated carbocycles. The third-order valence-electron chi connectivity index (χ3n) is 6.80. The first-order valence-corrected chi connectivity index (χ1v) is 15.3. The summed E-state index contributed by atoms with van der Waals surface area (Å²) in [4.78, 5) is 28.8. The number of hydrogen-bond donors (Lipinski definition) is 4. The van der Waals surface area contributed by atoms with Crippen molar-refractivity contribution in [3.63, 3.8) is 0 Å². The van der Waals surface area contributed by atoms with Gasteiger partial charge in [-0.1, -0.05) is 44.9 Å². The van der Waals surface area contributed by atoms with Crippen LogP contribution in [0.1, 0.15) is 59.6 Å². The highest BCUT2D eigenvalue weighted by molar-refractivity contribution is 7.52. The lowest BCUT2D eigenvalue weighted by Crippen LogP contribution is -2.46.